The predicted molar refractivity (Wildman–Crippen MR) is 107 cm³/mol. The van der Waals surface area contributed by atoms with Crippen LogP contribution >= 0.6 is 33.9 Å². The minimum Gasteiger partial charge on any atom is -0.357 e. The van der Waals surface area contributed by atoms with E-state index in [2.05, 4.69) is 20.1 Å². The fourth-order valence-electron chi connectivity index (χ4n) is 2.44. The van der Waals surface area contributed by atoms with E-state index >= 15 is 0 Å². The number of benzene rings is 2. The van der Waals surface area contributed by atoms with Crippen LogP contribution < -0.4 is 5.32 Å². The Morgan fingerprint density at radius 2 is 1.82 bits per heavy atom. The molecule has 0 fully saturated rings. The lowest BCUT2D eigenvalue weighted by Crippen LogP contribution is -2.05. The average molecular weight is 520 g/mol. The van der Waals surface area contributed by atoms with Gasteiger partial charge in [0.15, 0.2) is 5.13 Å². The van der Waals surface area contributed by atoms with Crippen molar-refractivity contribution in [2.24, 2.45) is 0 Å². The fraction of sp³-hybridized carbons (Fsp3) is 0.105. The highest BCUT2D eigenvalue weighted by Crippen LogP contribution is 2.36. The first-order valence-electron chi connectivity index (χ1n) is 7.75. The minimum atomic E-state index is -4.47. The monoisotopic (exact) mass is 520 g/mol. The quantitative estimate of drug-likeness (QED) is 0.243. The molecule has 0 amide bonds. The number of nitrogens with zero attached hydrogens (tertiary/aromatic N) is 1. The molecule has 3 aromatic rings. The van der Waals surface area contributed by atoms with Crippen LogP contribution in [0.15, 0.2) is 42.6 Å². The Balaban J connectivity index is 1.86. The lowest BCUT2D eigenvalue weighted by molar-refractivity contribution is -0.137. The Morgan fingerprint density at radius 1 is 1.11 bits per heavy atom. The smallest absolute Gasteiger partial charge is 0.357 e. The van der Waals surface area contributed by atoms with Gasteiger partial charge in [-0.15, -0.1) is 0 Å². The Hall–Kier alpha value is -2.19. The van der Waals surface area contributed by atoms with Crippen molar-refractivity contribution in [3.8, 4) is 20.3 Å². The van der Waals surface area contributed by atoms with Crippen LogP contribution in [-0.4, -0.2) is 4.98 Å². The zero-order valence-electron chi connectivity index (χ0n) is 13.9. The first kappa shape index (κ1) is 20.5. The van der Waals surface area contributed by atoms with Crippen molar-refractivity contribution in [3.63, 3.8) is 0 Å². The molecule has 0 aliphatic rings. The van der Waals surface area contributed by atoms with Crippen LogP contribution in [-0.2, 0) is 12.7 Å². The molecule has 144 valence electrons. The van der Waals surface area contributed by atoms with E-state index in [4.69, 9.17) is 0 Å². The van der Waals surface area contributed by atoms with Gasteiger partial charge in [0, 0.05) is 52.0 Å². The highest BCUT2D eigenvalue weighted by Gasteiger charge is 2.31. The number of rotatable bonds is 4. The van der Waals surface area contributed by atoms with Gasteiger partial charge in [-0.05, 0) is 28.2 Å². The Bertz CT molecular complexity index is 1050. The molecule has 3 rings (SSSR count). The largest absolute Gasteiger partial charge is 0.416 e. The second-order valence-electron chi connectivity index (χ2n) is 5.56. The first-order valence-corrected chi connectivity index (χ1v) is 9.65. The van der Waals surface area contributed by atoms with Gasteiger partial charge in [0.05, 0.1) is 10.4 Å². The van der Waals surface area contributed by atoms with Crippen molar-refractivity contribution in [1.82, 2.24) is 4.98 Å². The van der Waals surface area contributed by atoms with E-state index in [0.29, 0.717) is 15.6 Å². The van der Waals surface area contributed by atoms with Gasteiger partial charge >= 0.3 is 6.18 Å². The summed E-state index contributed by atoms with van der Waals surface area (Å²) in [6, 6.07) is 6.90. The lowest BCUT2D eigenvalue weighted by atomic mass is 10.0. The van der Waals surface area contributed by atoms with Crippen LogP contribution in [0.3, 0.4) is 0 Å². The van der Waals surface area contributed by atoms with Gasteiger partial charge in [-0.2, -0.15) is 13.2 Å². The van der Waals surface area contributed by atoms with Crippen LogP contribution in [0.1, 0.15) is 16.7 Å². The van der Waals surface area contributed by atoms with Crippen LogP contribution in [0.4, 0.5) is 27.1 Å². The fourth-order valence-corrected chi connectivity index (χ4v) is 3.58. The third kappa shape index (κ3) is 4.62. The number of aromatic nitrogens is 1. The molecule has 0 radical (unpaired) electrons. The minimum absolute atomic E-state index is 0.112. The third-order valence-corrected chi connectivity index (χ3v) is 5.04. The number of thiazole rings is 1. The molecule has 1 N–H and O–H groups in total. The Kier molecular flexibility index (Phi) is 6.20. The van der Waals surface area contributed by atoms with Gasteiger partial charge in [0.2, 0.25) is 0 Å². The van der Waals surface area contributed by atoms with E-state index in [-0.39, 0.29) is 17.7 Å². The summed E-state index contributed by atoms with van der Waals surface area (Å²) in [5.74, 6) is 1.32. The summed E-state index contributed by atoms with van der Waals surface area (Å²) in [5.41, 5.74) is -0.187. The topological polar surface area (TPSA) is 24.9 Å². The molecule has 0 aliphatic heterocycles. The van der Waals surface area contributed by atoms with E-state index < -0.39 is 23.4 Å². The molecule has 9 heteroatoms. The molecule has 28 heavy (non-hydrogen) atoms. The number of hydrogen-bond donors (Lipinski definition) is 1. The zero-order valence-corrected chi connectivity index (χ0v) is 16.8. The summed E-state index contributed by atoms with van der Waals surface area (Å²) in [6.45, 7) is -0.112. The molecule has 1 heterocycles. The maximum atomic E-state index is 13.7. The molecule has 0 saturated carbocycles. The normalized spacial score (nSPS) is 11.1. The zero-order chi connectivity index (χ0) is 20.3. The molecular weight excluding hydrogens is 510 g/mol. The van der Waals surface area contributed by atoms with Gasteiger partial charge in [-0.25, -0.2) is 13.8 Å². The molecule has 0 bridgehead atoms. The molecule has 0 aliphatic carbocycles. The van der Waals surface area contributed by atoms with Crippen LogP contribution in [0.25, 0.3) is 10.4 Å². The number of hydrogen-bond acceptors (Lipinski definition) is 3. The van der Waals surface area contributed by atoms with Crippen molar-refractivity contribution in [2.45, 2.75) is 12.7 Å². The summed E-state index contributed by atoms with van der Waals surface area (Å²) in [7, 11) is 0. The van der Waals surface area contributed by atoms with Crippen molar-refractivity contribution >= 4 is 39.1 Å². The molecule has 0 atom stereocenters. The number of halogens is 6. The van der Waals surface area contributed by atoms with E-state index in [0.717, 1.165) is 35.6 Å². The lowest BCUT2D eigenvalue weighted by Gasteiger charge is -2.09. The highest BCUT2D eigenvalue weighted by molar-refractivity contribution is 14.1. The van der Waals surface area contributed by atoms with Gasteiger partial charge in [0.1, 0.15) is 11.6 Å². The summed E-state index contributed by atoms with van der Waals surface area (Å²) < 4.78 is 68.8. The van der Waals surface area contributed by atoms with Crippen LogP contribution in [0.5, 0.6) is 0 Å². The molecule has 0 saturated heterocycles. The average Bonchev–Trinajstić information content (AvgIpc) is 3.09. The van der Waals surface area contributed by atoms with E-state index in [1.807, 2.05) is 0 Å². The third-order valence-electron chi connectivity index (χ3n) is 3.78. The van der Waals surface area contributed by atoms with E-state index in [1.165, 1.54) is 18.3 Å². The van der Waals surface area contributed by atoms with Gasteiger partial charge in [-0.1, -0.05) is 29.4 Å². The van der Waals surface area contributed by atoms with Gasteiger partial charge in [0.25, 0.3) is 0 Å². The maximum absolute atomic E-state index is 13.7. The summed E-state index contributed by atoms with van der Waals surface area (Å²) >= 11 is 2.90. The Morgan fingerprint density at radius 3 is 2.46 bits per heavy atom. The molecule has 0 unspecified atom stereocenters. The summed E-state index contributed by atoms with van der Waals surface area (Å²) in [6.07, 6.45) is -2.99. The second kappa shape index (κ2) is 8.45. The number of nitrogens with one attached hydrogen (secondary N) is 1. The van der Waals surface area contributed by atoms with Crippen molar-refractivity contribution in [3.05, 3.63) is 70.9 Å². The van der Waals surface area contributed by atoms with Crippen molar-refractivity contribution in [2.75, 3.05) is 5.32 Å². The van der Waals surface area contributed by atoms with E-state index in [1.54, 1.807) is 22.6 Å². The SMILES string of the molecule is Fc1cccc(F)c1CNc1ncc(-c2ccc(C(F)(F)F)cc2C#CI)s1. The van der Waals surface area contributed by atoms with Crippen LogP contribution in [0, 0.1) is 21.5 Å². The first-order chi connectivity index (χ1) is 13.3. The molecule has 2 nitrogen and oxygen atoms in total. The molecule has 0 spiro atoms. The number of anilines is 1. The second-order valence-corrected chi connectivity index (χ2v) is 7.13. The summed E-state index contributed by atoms with van der Waals surface area (Å²) in [5, 5.41) is 3.21. The standard InChI is InChI=1S/C19H10F5IN2S/c20-15-2-1-3-16(21)14(15)9-26-18-27-10-17(28-18)13-5-4-12(19(22,23)24)8-11(13)6-7-25/h1-5,8,10H,9H2,(H,26,27). The maximum Gasteiger partial charge on any atom is 0.416 e. The Labute approximate surface area is 175 Å². The summed E-state index contributed by atoms with van der Waals surface area (Å²) in [4.78, 5) is 4.71. The molecular formula is C19H10F5IN2S. The van der Waals surface area contributed by atoms with Crippen molar-refractivity contribution < 1.29 is 22.0 Å². The molecule has 2 aromatic carbocycles. The molecule has 1 aromatic heterocycles. The van der Waals surface area contributed by atoms with Gasteiger partial charge in [-0.3, -0.25) is 0 Å². The highest BCUT2D eigenvalue weighted by atomic mass is 127. The van der Waals surface area contributed by atoms with Crippen molar-refractivity contribution in [1.29, 1.82) is 0 Å². The van der Waals surface area contributed by atoms with Gasteiger partial charge < -0.3 is 5.32 Å². The van der Waals surface area contributed by atoms with E-state index in [9.17, 15) is 22.0 Å². The predicted octanol–water partition coefficient (Wildman–Crippen LogP) is 6.46. The number of alkyl halides is 3. The van der Waals surface area contributed by atoms with Crippen LogP contribution in [0.2, 0.25) is 0 Å².